The maximum atomic E-state index is 12.1. The van der Waals surface area contributed by atoms with Crippen LogP contribution in [0.4, 0.5) is 0 Å². The Balaban J connectivity index is 1.68. The van der Waals surface area contributed by atoms with Crippen molar-refractivity contribution in [1.82, 2.24) is 20.7 Å². The molecule has 0 aromatic heterocycles. The van der Waals surface area contributed by atoms with E-state index in [1.165, 1.54) is 12.8 Å². The zero-order chi connectivity index (χ0) is 13.7. The van der Waals surface area contributed by atoms with E-state index in [4.69, 9.17) is 0 Å². The Kier molecular flexibility index (Phi) is 5.60. The highest BCUT2D eigenvalue weighted by molar-refractivity contribution is 5.75. The average molecular weight is 268 g/mol. The summed E-state index contributed by atoms with van der Waals surface area (Å²) in [5.74, 6) is 1.31. The molecule has 2 fully saturated rings. The number of hydrogen-bond donors (Lipinski definition) is 2. The van der Waals surface area contributed by atoms with Gasteiger partial charge in [0.25, 0.3) is 0 Å². The Hall–Kier alpha value is -0.650. The van der Waals surface area contributed by atoms with Crippen molar-refractivity contribution in [2.24, 2.45) is 11.8 Å². The molecule has 0 radical (unpaired) electrons. The molecule has 19 heavy (non-hydrogen) atoms. The van der Waals surface area contributed by atoms with Crippen LogP contribution in [0.25, 0.3) is 0 Å². The van der Waals surface area contributed by atoms with E-state index in [1.807, 2.05) is 0 Å². The quantitative estimate of drug-likeness (QED) is 0.769. The van der Waals surface area contributed by atoms with Crippen molar-refractivity contribution >= 4 is 5.91 Å². The molecule has 2 heterocycles. The molecule has 110 valence electrons. The first-order chi connectivity index (χ1) is 9.15. The number of carbonyl (C=O) groups excluding carboxylic acids is 1. The van der Waals surface area contributed by atoms with Crippen LogP contribution in [0.1, 0.15) is 26.2 Å². The zero-order valence-electron chi connectivity index (χ0n) is 12.3. The standard InChI is InChI=1S/C14H28N4O/c1-12(13-4-3-5-15-11-13)10-14(19)16-18-8-6-17(2)7-9-18/h12-13,15H,3-11H2,1-2H3,(H,16,19). The maximum absolute atomic E-state index is 12.1. The average Bonchev–Trinajstić information content (AvgIpc) is 2.42. The number of hydrazine groups is 1. The number of piperidine rings is 1. The summed E-state index contributed by atoms with van der Waals surface area (Å²) >= 11 is 0. The molecule has 2 atom stereocenters. The lowest BCUT2D eigenvalue weighted by atomic mass is 9.85. The number of piperazine rings is 1. The number of rotatable bonds is 4. The molecule has 5 nitrogen and oxygen atoms in total. The van der Waals surface area contributed by atoms with Crippen LogP contribution in [0.3, 0.4) is 0 Å². The summed E-state index contributed by atoms with van der Waals surface area (Å²) in [6, 6.07) is 0. The molecule has 0 bridgehead atoms. The second kappa shape index (κ2) is 7.22. The molecule has 5 heteroatoms. The third kappa shape index (κ3) is 4.75. The number of nitrogens with zero attached hydrogens (tertiary/aromatic N) is 2. The lowest BCUT2D eigenvalue weighted by Gasteiger charge is -2.33. The lowest BCUT2D eigenvalue weighted by Crippen LogP contribution is -2.52. The summed E-state index contributed by atoms with van der Waals surface area (Å²) in [4.78, 5) is 14.3. The van der Waals surface area contributed by atoms with Gasteiger partial charge in [-0.2, -0.15) is 0 Å². The maximum Gasteiger partial charge on any atom is 0.234 e. The van der Waals surface area contributed by atoms with Gasteiger partial charge in [0.05, 0.1) is 0 Å². The lowest BCUT2D eigenvalue weighted by molar-refractivity contribution is -0.128. The Morgan fingerprint density at radius 3 is 2.74 bits per heavy atom. The normalized spacial score (nSPS) is 28.0. The second-order valence-electron chi connectivity index (χ2n) is 6.11. The van der Waals surface area contributed by atoms with E-state index in [1.54, 1.807) is 0 Å². The van der Waals surface area contributed by atoms with Crippen molar-refractivity contribution in [1.29, 1.82) is 0 Å². The zero-order valence-corrected chi connectivity index (χ0v) is 12.3. The SMILES string of the molecule is CC(CC(=O)NN1CCN(C)CC1)C1CCCNC1. The van der Waals surface area contributed by atoms with Crippen molar-refractivity contribution in [3.63, 3.8) is 0 Å². The first-order valence-electron chi connectivity index (χ1n) is 7.59. The van der Waals surface area contributed by atoms with Crippen LogP contribution in [0.5, 0.6) is 0 Å². The molecule has 2 rings (SSSR count). The smallest absolute Gasteiger partial charge is 0.234 e. The minimum Gasteiger partial charge on any atom is -0.316 e. The molecule has 2 aliphatic rings. The molecule has 1 amide bonds. The van der Waals surface area contributed by atoms with Gasteiger partial charge in [0.2, 0.25) is 5.91 Å². The number of carbonyl (C=O) groups is 1. The Morgan fingerprint density at radius 1 is 1.37 bits per heavy atom. The summed E-state index contributed by atoms with van der Waals surface area (Å²) in [6.07, 6.45) is 3.16. The van der Waals surface area contributed by atoms with E-state index < -0.39 is 0 Å². The van der Waals surface area contributed by atoms with Gasteiger partial charge in [0.1, 0.15) is 0 Å². The van der Waals surface area contributed by atoms with Crippen LogP contribution >= 0.6 is 0 Å². The predicted octanol–water partition coefficient (Wildman–Crippen LogP) is 0.291. The van der Waals surface area contributed by atoms with Crippen LogP contribution in [0.15, 0.2) is 0 Å². The van der Waals surface area contributed by atoms with Crippen LogP contribution in [-0.2, 0) is 4.79 Å². The predicted molar refractivity (Wildman–Crippen MR) is 76.6 cm³/mol. The van der Waals surface area contributed by atoms with Gasteiger partial charge in [0.15, 0.2) is 0 Å². The third-order valence-corrected chi connectivity index (χ3v) is 4.43. The monoisotopic (exact) mass is 268 g/mol. The molecule has 2 unspecified atom stereocenters. The molecular formula is C14H28N4O. The van der Waals surface area contributed by atoms with Gasteiger partial charge in [-0.15, -0.1) is 0 Å². The molecule has 2 aliphatic heterocycles. The highest BCUT2D eigenvalue weighted by atomic mass is 16.2. The van der Waals surface area contributed by atoms with E-state index in [-0.39, 0.29) is 5.91 Å². The number of likely N-dealkylation sites (N-methyl/N-ethyl adjacent to an activating group) is 1. The fourth-order valence-corrected chi connectivity index (χ4v) is 2.96. The number of nitrogens with one attached hydrogen (secondary N) is 2. The van der Waals surface area contributed by atoms with Crippen LogP contribution < -0.4 is 10.7 Å². The number of amides is 1. The summed E-state index contributed by atoms with van der Waals surface area (Å²) in [5.41, 5.74) is 3.06. The van der Waals surface area contributed by atoms with E-state index in [9.17, 15) is 4.79 Å². The minimum atomic E-state index is 0.183. The van der Waals surface area contributed by atoms with Gasteiger partial charge in [-0.1, -0.05) is 6.92 Å². The third-order valence-electron chi connectivity index (χ3n) is 4.43. The van der Waals surface area contributed by atoms with Crippen molar-refractivity contribution in [3.05, 3.63) is 0 Å². The van der Waals surface area contributed by atoms with Gasteiger partial charge < -0.3 is 10.2 Å². The van der Waals surface area contributed by atoms with Crippen LogP contribution in [-0.4, -0.2) is 62.1 Å². The first kappa shape index (κ1) is 14.8. The topological polar surface area (TPSA) is 47.6 Å². The Labute approximate surface area is 116 Å². The minimum absolute atomic E-state index is 0.183. The van der Waals surface area contributed by atoms with Crippen molar-refractivity contribution < 1.29 is 4.79 Å². The fourth-order valence-electron chi connectivity index (χ4n) is 2.96. The second-order valence-corrected chi connectivity index (χ2v) is 6.11. The van der Waals surface area contributed by atoms with Crippen molar-refractivity contribution in [2.75, 3.05) is 46.3 Å². The van der Waals surface area contributed by atoms with E-state index >= 15 is 0 Å². The highest BCUT2D eigenvalue weighted by Gasteiger charge is 2.23. The Morgan fingerprint density at radius 2 is 2.11 bits per heavy atom. The summed E-state index contributed by atoms with van der Waals surface area (Å²) in [7, 11) is 2.12. The molecule has 0 aromatic rings. The van der Waals surface area contributed by atoms with Gasteiger partial charge in [-0.3, -0.25) is 10.2 Å². The molecule has 2 N–H and O–H groups in total. The largest absolute Gasteiger partial charge is 0.316 e. The van der Waals surface area contributed by atoms with Gasteiger partial charge in [-0.05, 0) is 44.8 Å². The first-order valence-corrected chi connectivity index (χ1v) is 7.59. The molecular weight excluding hydrogens is 240 g/mol. The summed E-state index contributed by atoms with van der Waals surface area (Å²) in [6.45, 7) is 8.34. The van der Waals surface area contributed by atoms with Crippen LogP contribution in [0, 0.1) is 11.8 Å². The van der Waals surface area contributed by atoms with Gasteiger partial charge >= 0.3 is 0 Å². The molecule has 0 aromatic carbocycles. The van der Waals surface area contributed by atoms with E-state index in [2.05, 4.69) is 34.6 Å². The van der Waals surface area contributed by atoms with E-state index in [0.29, 0.717) is 18.3 Å². The van der Waals surface area contributed by atoms with Gasteiger partial charge in [-0.25, -0.2) is 5.01 Å². The molecule has 0 spiro atoms. The van der Waals surface area contributed by atoms with Crippen molar-refractivity contribution in [2.45, 2.75) is 26.2 Å². The molecule has 0 aliphatic carbocycles. The number of hydrogen-bond acceptors (Lipinski definition) is 4. The van der Waals surface area contributed by atoms with Crippen molar-refractivity contribution in [3.8, 4) is 0 Å². The van der Waals surface area contributed by atoms with Crippen LogP contribution in [0.2, 0.25) is 0 Å². The summed E-state index contributed by atoms with van der Waals surface area (Å²) < 4.78 is 0. The van der Waals surface area contributed by atoms with E-state index in [0.717, 1.165) is 39.3 Å². The summed E-state index contributed by atoms with van der Waals surface area (Å²) in [5, 5.41) is 5.49. The molecule has 2 saturated heterocycles. The molecule has 0 saturated carbocycles. The fraction of sp³-hybridized carbons (Fsp3) is 0.929. The Bertz CT molecular complexity index is 283. The highest BCUT2D eigenvalue weighted by Crippen LogP contribution is 2.22. The van der Waals surface area contributed by atoms with Gasteiger partial charge in [0, 0.05) is 32.6 Å².